The Hall–Kier alpha value is -4.53. The zero-order valence-corrected chi connectivity index (χ0v) is 19.6. The lowest BCUT2D eigenvalue weighted by Gasteiger charge is -2.12. The third-order valence-corrected chi connectivity index (χ3v) is 6.01. The second-order valence-electron chi connectivity index (χ2n) is 8.31. The van der Waals surface area contributed by atoms with Gasteiger partial charge in [-0.2, -0.15) is 10.2 Å². The molecule has 2 N–H and O–H groups in total. The van der Waals surface area contributed by atoms with E-state index < -0.39 is 11.7 Å². The van der Waals surface area contributed by atoms with Crippen LogP contribution in [0.5, 0.6) is 0 Å². The van der Waals surface area contributed by atoms with E-state index in [-0.39, 0.29) is 0 Å². The van der Waals surface area contributed by atoms with Crippen molar-refractivity contribution in [2.45, 2.75) is 20.4 Å². The van der Waals surface area contributed by atoms with Crippen LogP contribution >= 0.6 is 0 Å². The molecule has 0 fully saturated rings. The molecule has 0 bridgehead atoms. The lowest BCUT2D eigenvalue weighted by Crippen LogP contribution is -2.09. The lowest BCUT2D eigenvalue weighted by molar-refractivity contribution is -0.111. The first-order valence-corrected chi connectivity index (χ1v) is 11.2. The minimum Gasteiger partial charge on any atom is -0.339 e. The summed E-state index contributed by atoms with van der Waals surface area (Å²) in [5.74, 6) is -0.838. The number of carbonyl (C=O) groups is 1. The average molecular weight is 470 g/mol. The molecule has 4 heterocycles. The Labute approximate surface area is 201 Å². The van der Waals surface area contributed by atoms with Crippen LogP contribution in [0.4, 0.5) is 10.1 Å². The number of aromatic amines is 1. The van der Waals surface area contributed by atoms with Gasteiger partial charge in [0.25, 0.3) is 0 Å². The summed E-state index contributed by atoms with van der Waals surface area (Å²) in [6.07, 6.45) is 10.3. The number of benzene rings is 1. The van der Waals surface area contributed by atoms with E-state index in [0.29, 0.717) is 22.5 Å². The predicted octanol–water partition coefficient (Wildman–Crippen LogP) is 5.09. The van der Waals surface area contributed by atoms with Crippen LogP contribution in [0.1, 0.15) is 12.5 Å². The van der Waals surface area contributed by atoms with Crippen LogP contribution in [0.25, 0.3) is 44.5 Å². The molecule has 1 aromatic carbocycles. The van der Waals surface area contributed by atoms with Crippen molar-refractivity contribution in [2.75, 3.05) is 5.32 Å². The minimum absolute atomic E-state index is 0.345. The molecule has 0 atom stereocenters. The highest BCUT2D eigenvalue weighted by atomic mass is 19.1. The van der Waals surface area contributed by atoms with Crippen LogP contribution in [0.3, 0.4) is 0 Å². The number of aromatic nitrogens is 6. The Morgan fingerprint density at radius 2 is 1.91 bits per heavy atom. The van der Waals surface area contributed by atoms with E-state index >= 15 is 4.39 Å². The van der Waals surface area contributed by atoms with Gasteiger partial charge in [0.05, 0.1) is 18.1 Å². The first-order chi connectivity index (χ1) is 16.9. The molecule has 176 valence electrons. The SMILES string of the molecule is C=CC(=O)Nc1cc(-c2c(-c3cnn(C)c3)[nH]c3ncc(-c4cnn(CC)c4)cc23)cc(F)c1C. The lowest BCUT2D eigenvalue weighted by atomic mass is 9.97. The van der Waals surface area contributed by atoms with Crippen molar-refractivity contribution in [3.8, 4) is 33.5 Å². The number of nitrogens with one attached hydrogen (secondary N) is 2. The highest BCUT2D eigenvalue weighted by molar-refractivity contribution is 6.05. The highest BCUT2D eigenvalue weighted by Crippen LogP contribution is 2.40. The molecule has 5 rings (SSSR count). The number of carbonyl (C=O) groups excluding carboxylic acids is 1. The maximum absolute atomic E-state index is 15.1. The van der Waals surface area contributed by atoms with Crippen molar-refractivity contribution >= 4 is 22.6 Å². The summed E-state index contributed by atoms with van der Waals surface area (Å²) in [4.78, 5) is 20.0. The molecule has 0 saturated heterocycles. The monoisotopic (exact) mass is 469 g/mol. The van der Waals surface area contributed by atoms with Crippen LogP contribution in [-0.4, -0.2) is 35.4 Å². The van der Waals surface area contributed by atoms with Crippen molar-refractivity contribution in [3.05, 3.63) is 73.2 Å². The molecule has 9 heteroatoms. The van der Waals surface area contributed by atoms with Crippen LogP contribution in [-0.2, 0) is 18.4 Å². The molecule has 1 amide bonds. The van der Waals surface area contributed by atoms with Crippen LogP contribution in [0.2, 0.25) is 0 Å². The van der Waals surface area contributed by atoms with Gasteiger partial charge in [-0.05, 0) is 43.7 Å². The van der Waals surface area contributed by atoms with Gasteiger partial charge in [-0.15, -0.1) is 0 Å². The molecular formula is C26H24FN7O. The minimum atomic E-state index is -0.429. The Morgan fingerprint density at radius 3 is 2.60 bits per heavy atom. The fourth-order valence-corrected chi connectivity index (χ4v) is 4.12. The summed E-state index contributed by atoms with van der Waals surface area (Å²) in [5, 5.41) is 12.2. The number of nitrogens with zero attached hydrogens (tertiary/aromatic N) is 5. The Kier molecular flexibility index (Phi) is 5.52. The summed E-state index contributed by atoms with van der Waals surface area (Å²) < 4.78 is 18.6. The standard InChI is InChI=1S/C26H24FN7O/c1-5-23(35)31-22-9-16(8-21(27)15(22)3)24-20-7-17(18-11-30-34(6-2)14-18)10-28-26(20)32-25(24)19-12-29-33(4)13-19/h5,7-14H,1,6H2,2-4H3,(H,28,32)(H,31,35). The quantitative estimate of drug-likeness (QED) is 0.339. The van der Waals surface area contributed by atoms with Gasteiger partial charge in [-0.25, -0.2) is 9.37 Å². The van der Waals surface area contributed by atoms with Gasteiger partial charge in [-0.1, -0.05) is 6.58 Å². The van der Waals surface area contributed by atoms with E-state index in [1.165, 1.54) is 6.07 Å². The summed E-state index contributed by atoms with van der Waals surface area (Å²) in [6.45, 7) is 7.90. The highest BCUT2D eigenvalue weighted by Gasteiger charge is 2.20. The van der Waals surface area contributed by atoms with E-state index in [9.17, 15) is 4.79 Å². The van der Waals surface area contributed by atoms with Gasteiger partial charge < -0.3 is 10.3 Å². The topological polar surface area (TPSA) is 93.4 Å². The van der Waals surface area contributed by atoms with Crippen molar-refractivity contribution in [3.63, 3.8) is 0 Å². The molecule has 0 spiro atoms. The molecule has 0 aliphatic rings. The normalized spacial score (nSPS) is 11.2. The smallest absolute Gasteiger partial charge is 0.247 e. The number of hydrogen-bond donors (Lipinski definition) is 2. The number of aryl methyl sites for hydroxylation is 2. The van der Waals surface area contributed by atoms with E-state index in [1.54, 1.807) is 36.3 Å². The number of amides is 1. The number of rotatable bonds is 6. The number of anilines is 1. The largest absolute Gasteiger partial charge is 0.339 e. The second kappa shape index (κ2) is 8.68. The first kappa shape index (κ1) is 22.3. The zero-order chi connectivity index (χ0) is 24.7. The van der Waals surface area contributed by atoms with Gasteiger partial charge in [0, 0.05) is 71.1 Å². The molecule has 35 heavy (non-hydrogen) atoms. The van der Waals surface area contributed by atoms with Crippen molar-refractivity contribution in [2.24, 2.45) is 7.05 Å². The molecule has 8 nitrogen and oxygen atoms in total. The molecule has 5 aromatic rings. The predicted molar refractivity (Wildman–Crippen MR) is 134 cm³/mol. The Bertz CT molecular complexity index is 1590. The number of hydrogen-bond acceptors (Lipinski definition) is 4. The fraction of sp³-hybridized carbons (Fsp3) is 0.154. The van der Waals surface area contributed by atoms with Gasteiger partial charge >= 0.3 is 0 Å². The summed E-state index contributed by atoms with van der Waals surface area (Å²) in [6, 6.07) is 5.26. The van der Waals surface area contributed by atoms with Gasteiger partial charge in [0.15, 0.2) is 0 Å². The molecule has 0 saturated carbocycles. The Morgan fingerprint density at radius 1 is 1.11 bits per heavy atom. The summed E-state index contributed by atoms with van der Waals surface area (Å²) in [7, 11) is 1.84. The van der Waals surface area contributed by atoms with Crippen LogP contribution in [0, 0.1) is 12.7 Å². The summed E-state index contributed by atoms with van der Waals surface area (Å²) >= 11 is 0. The van der Waals surface area contributed by atoms with Gasteiger partial charge in [0.1, 0.15) is 11.5 Å². The molecule has 0 radical (unpaired) electrons. The zero-order valence-electron chi connectivity index (χ0n) is 19.6. The number of halogens is 1. The number of H-pyrrole nitrogens is 1. The van der Waals surface area contributed by atoms with Gasteiger partial charge in [-0.3, -0.25) is 14.2 Å². The van der Waals surface area contributed by atoms with E-state index in [1.807, 2.05) is 37.1 Å². The molecular weight excluding hydrogens is 445 g/mol. The summed E-state index contributed by atoms with van der Waals surface area (Å²) in [5.41, 5.74) is 6.16. The van der Waals surface area contributed by atoms with Gasteiger partial charge in [0.2, 0.25) is 5.91 Å². The maximum Gasteiger partial charge on any atom is 0.247 e. The van der Waals surface area contributed by atoms with E-state index in [4.69, 9.17) is 0 Å². The number of fused-ring (bicyclic) bond motifs is 1. The van der Waals surface area contributed by atoms with E-state index in [0.717, 1.165) is 46.0 Å². The fourth-order valence-electron chi connectivity index (χ4n) is 4.12. The average Bonchev–Trinajstić information content (AvgIpc) is 3.59. The first-order valence-electron chi connectivity index (χ1n) is 11.2. The number of pyridine rings is 1. The van der Waals surface area contributed by atoms with E-state index in [2.05, 4.69) is 32.1 Å². The van der Waals surface area contributed by atoms with Crippen molar-refractivity contribution < 1.29 is 9.18 Å². The Balaban J connectivity index is 1.77. The third-order valence-electron chi connectivity index (χ3n) is 6.01. The van der Waals surface area contributed by atoms with Crippen LogP contribution in [0.15, 0.2) is 61.8 Å². The molecule has 4 aromatic heterocycles. The molecule has 0 unspecified atom stereocenters. The maximum atomic E-state index is 15.1. The molecule has 0 aliphatic heterocycles. The second-order valence-corrected chi connectivity index (χ2v) is 8.31. The van der Waals surface area contributed by atoms with Crippen molar-refractivity contribution in [1.29, 1.82) is 0 Å². The van der Waals surface area contributed by atoms with Crippen LogP contribution < -0.4 is 5.32 Å². The van der Waals surface area contributed by atoms with Crippen molar-refractivity contribution in [1.82, 2.24) is 29.5 Å². The third kappa shape index (κ3) is 4.01. The molecule has 0 aliphatic carbocycles.